The zero-order valence-electron chi connectivity index (χ0n) is 21.2. The van der Waals surface area contributed by atoms with E-state index in [9.17, 15) is 4.79 Å². The number of carbonyl (C=O) groups excluding carboxylic acids is 1. The molecule has 2 heterocycles. The molecule has 0 fully saturated rings. The van der Waals surface area contributed by atoms with Gasteiger partial charge >= 0.3 is 0 Å². The largest absolute Gasteiger partial charge is 0.326 e. The molecule has 0 radical (unpaired) electrons. The summed E-state index contributed by atoms with van der Waals surface area (Å²) in [5.41, 5.74) is 8.78. The van der Waals surface area contributed by atoms with Crippen LogP contribution in [0.2, 0.25) is 0 Å². The third kappa shape index (κ3) is 5.77. The van der Waals surface area contributed by atoms with Crippen LogP contribution < -0.4 is 5.32 Å². The van der Waals surface area contributed by atoms with Gasteiger partial charge in [-0.25, -0.2) is 0 Å². The number of hydrogen-bond donors (Lipinski definition) is 2. The number of aromatic nitrogens is 3. The van der Waals surface area contributed by atoms with Crippen molar-refractivity contribution >= 4 is 28.1 Å². The number of benzene rings is 1. The molecule has 0 unspecified atom stereocenters. The van der Waals surface area contributed by atoms with Crippen molar-refractivity contribution in [2.45, 2.75) is 47.0 Å². The summed E-state index contributed by atoms with van der Waals surface area (Å²) >= 11 is 0. The molecular weight excluding hydrogens is 434 g/mol. The normalized spacial score (nSPS) is 18.7. The van der Waals surface area contributed by atoms with Gasteiger partial charge in [-0.2, -0.15) is 5.10 Å². The number of carbonyl (C=O) groups is 1. The summed E-state index contributed by atoms with van der Waals surface area (Å²) in [7, 11) is 0. The molecule has 1 amide bonds. The zero-order valence-corrected chi connectivity index (χ0v) is 21.2. The van der Waals surface area contributed by atoms with Crippen LogP contribution in [0.4, 0.5) is 5.69 Å². The number of nitrogens with one attached hydrogen (secondary N) is 2. The van der Waals surface area contributed by atoms with Crippen LogP contribution in [0.15, 0.2) is 66.0 Å². The van der Waals surface area contributed by atoms with E-state index in [1.165, 1.54) is 16.7 Å². The van der Waals surface area contributed by atoms with Crippen LogP contribution in [0.25, 0.3) is 27.6 Å². The highest BCUT2D eigenvalue weighted by Gasteiger charge is 2.16. The maximum absolute atomic E-state index is 12.5. The Kier molecular flexibility index (Phi) is 7.93. The number of anilines is 1. The average Bonchev–Trinajstić information content (AvgIpc) is 3.34. The molecule has 0 saturated carbocycles. The number of rotatable bonds is 8. The number of amides is 1. The van der Waals surface area contributed by atoms with E-state index in [4.69, 9.17) is 0 Å². The second kappa shape index (κ2) is 11.3. The summed E-state index contributed by atoms with van der Waals surface area (Å²) in [6, 6.07) is 7.98. The number of pyridine rings is 1. The summed E-state index contributed by atoms with van der Waals surface area (Å²) in [5, 5.41) is 11.7. The molecular formula is C29H35N5O. The Hall–Kier alpha value is -3.51. The number of H-pyrrole nitrogens is 1. The van der Waals surface area contributed by atoms with Gasteiger partial charge in [-0.15, -0.1) is 0 Å². The fourth-order valence-electron chi connectivity index (χ4n) is 4.48. The Labute approximate surface area is 207 Å². The number of hydrogen-bond acceptors (Lipinski definition) is 4. The summed E-state index contributed by atoms with van der Waals surface area (Å²) in [6.07, 6.45) is 12.6. The molecule has 0 aliphatic heterocycles. The molecule has 35 heavy (non-hydrogen) atoms. The van der Waals surface area contributed by atoms with E-state index in [0.717, 1.165) is 65.9 Å². The second-order valence-electron chi connectivity index (χ2n) is 9.09. The molecule has 0 bridgehead atoms. The van der Waals surface area contributed by atoms with Gasteiger partial charge in [-0.1, -0.05) is 49.3 Å². The van der Waals surface area contributed by atoms with Gasteiger partial charge in [0.1, 0.15) is 0 Å². The Morgan fingerprint density at radius 3 is 2.74 bits per heavy atom. The maximum Gasteiger partial charge on any atom is 0.225 e. The molecule has 3 aromatic rings. The minimum atomic E-state index is 0.0216. The highest BCUT2D eigenvalue weighted by Crippen LogP contribution is 2.35. The summed E-state index contributed by atoms with van der Waals surface area (Å²) in [5.74, 6) is 0.0216. The molecule has 2 aromatic heterocycles. The molecule has 1 aromatic carbocycles. The van der Waals surface area contributed by atoms with E-state index >= 15 is 0 Å². The Balaban J connectivity index is 1.58. The number of allylic oxidation sites excluding steroid dienone is 6. The lowest BCUT2D eigenvalue weighted by atomic mass is 9.93. The molecule has 0 spiro atoms. The van der Waals surface area contributed by atoms with Gasteiger partial charge in [-0.3, -0.25) is 14.9 Å². The minimum Gasteiger partial charge on any atom is -0.326 e. The standard InChI is InChI=1S/C29H35N5O/c1-5-34(6-2)17-15-28(35)32-23-12-13-25-24(14-16-30-27(25)18-23)26-19-31-33-29(26)22-9-7-8-20(3)21(4)10-11-22/h7-9,12-14,16,18-19H,5-6,10-11,15,17H2,1-4H3,(H,31,33)(H,32,35)/b8-7-,21-20+,22-9+. The molecule has 0 atom stereocenters. The highest BCUT2D eigenvalue weighted by atomic mass is 16.1. The van der Waals surface area contributed by atoms with E-state index < -0.39 is 0 Å². The summed E-state index contributed by atoms with van der Waals surface area (Å²) < 4.78 is 0. The van der Waals surface area contributed by atoms with Crippen molar-refractivity contribution < 1.29 is 4.79 Å². The molecule has 4 rings (SSSR count). The van der Waals surface area contributed by atoms with Crippen LogP contribution in [0.3, 0.4) is 0 Å². The third-order valence-electron chi connectivity index (χ3n) is 6.91. The fourth-order valence-corrected chi connectivity index (χ4v) is 4.48. The summed E-state index contributed by atoms with van der Waals surface area (Å²) in [6.45, 7) is 11.3. The molecule has 0 saturated heterocycles. The zero-order chi connectivity index (χ0) is 24.8. The van der Waals surface area contributed by atoms with Gasteiger partial charge in [0.15, 0.2) is 0 Å². The molecule has 182 valence electrons. The van der Waals surface area contributed by atoms with Crippen LogP contribution >= 0.6 is 0 Å². The predicted molar refractivity (Wildman–Crippen MR) is 145 cm³/mol. The van der Waals surface area contributed by atoms with Crippen LogP contribution in [0, 0.1) is 0 Å². The van der Waals surface area contributed by atoms with Crippen molar-refractivity contribution in [2.75, 3.05) is 25.0 Å². The van der Waals surface area contributed by atoms with Gasteiger partial charge in [0.25, 0.3) is 0 Å². The van der Waals surface area contributed by atoms with E-state index in [-0.39, 0.29) is 5.91 Å². The van der Waals surface area contributed by atoms with Gasteiger partial charge in [0.05, 0.1) is 17.4 Å². The average molecular weight is 470 g/mol. The number of aromatic amines is 1. The van der Waals surface area contributed by atoms with Gasteiger partial charge < -0.3 is 10.2 Å². The van der Waals surface area contributed by atoms with Crippen molar-refractivity contribution in [3.63, 3.8) is 0 Å². The topological polar surface area (TPSA) is 73.9 Å². The monoisotopic (exact) mass is 469 g/mol. The van der Waals surface area contributed by atoms with Crippen LogP contribution in [-0.4, -0.2) is 45.6 Å². The second-order valence-corrected chi connectivity index (χ2v) is 9.09. The van der Waals surface area contributed by atoms with Gasteiger partial charge in [-0.05, 0) is 69.1 Å². The van der Waals surface area contributed by atoms with Crippen molar-refractivity contribution in [2.24, 2.45) is 0 Å². The molecule has 6 nitrogen and oxygen atoms in total. The van der Waals surface area contributed by atoms with Crippen LogP contribution in [-0.2, 0) is 4.79 Å². The van der Waals surface area contributed by atoms with Crippen molar-refractivity contribution in [1.82, 2.24) is 20.1 Å². The lowest BCUT2D eigenvalue weighted by Crippen LogP contribution is -2.27. The molecule has 2 N–H and O–H groups in total. The number of nitrogens with zero attached hydrogens (tertiary/aromatic N) is 3. The van der Waals surface area contributed by atoms with E-state index in [0.29, 0.717) is 6.42 Å². The van der Waals surface area contributed by atoms with Crippen LogP contribution in [0.1, 0.15) is 52.7 Å². The molecule has 6 heteroatoms. The lowest BCUT2D eigenvalue weighted by Gasteiger charge is -2.17. The number of fused-ring (bicyclic) bond motifs is 1. The first kappa shape index (κ1) is 24.6. The first-order valence-electron chi connectivity index (χ1n) is 12.5. The Morgan fingerprint density at radius 1 is 1.11 bits per heavy atom. The van der Waals surface area contributed by atoms with Crippen molar-refractivity contribution in [1.29, 1.82) is 0 Å². The lowest BCUT2D eigenvalue weighted by molar-refractivity contribution is -0.116. The SMILES string of the molecule is CCN(CC)CCC(=O)Nc1ccc2c(-c3cn[nH]c3/C3=C/C=C\C(C)=C(/C)CC3)ccnc2c1. The maximum atomic E-state index is 12.5. The smallest absolute Gasteiger partial charge is 0.225 e. The Morgan fingerprint density at radius 2 is 1.94 bits per heavy atom. The molecule has 1 aliphatic rings. The minimum absolute atomic E-state index is 0.0216. The Bertz CT molecular complexity index is 1290. The van der Waals surface area contributed by atoms with E-state index in [1.54, 1.807) is 0 Å². The summed E-state index contributed by atoms with van der Waals surface area (Å²) in [4.78, 5) is 19.3. The van der Waals surface area contributed by atoms with Gasteiger partial charge in [0.2, 0.25) is 5.91 Å². The van der Waals surface area contributed by atoms with Crippen molar-refractivity contribution in [3.05, 3.63) is 71.7 Å². The first-order chi connectivity index (χ1) is 17.0. The first-order valence-corrected chi connectivity index (χ1v) is 12.5. The molecule has 1 aliphatic carbocycles. The van der Waals surface area contributed by atoms with E-state index in [2.05, 4.69) is 71.3 Å². The van der Waals surface area contributed by atoms with Gasteiger partial charge in [0, 0.05) is 35.8 Å². The van der Waals surface area contributed by atoms with Crippen LogP contribution in [0.5, 0.6) is 0 Å². The van der Waals surface area contributed by atoms with E-state index in [1.807, 2.05) is 36.7 Å². The van der Waals surface area contributed by atoms with Crippen molar-refractivity contribution in [3.8, 4) is 11.1 Å². The fraction of sp³-hybridized carbons (Fsp3) is 0.345. The third-order valence-corrected chi connectivity index (χ3v) is 6.91. The highest BCUT2D eigenvalue weighted by molar-refractivity contribution is 6.00. The quantitative estimate of drug-likeness (QED) is 0.402. The predicted octanol–water partition coefficient (Wildman–Crippen LogP) is 6.37.